The average molecular weight is 573 g/mol. The molecule has 0 saturated carbocycles. The zero-order valence-corrected chi connectivity index (χ0v) is 23.3. The maximum Gasteiger partial charge on any atom is 0.261 e. The second-order valence-corrected chi connectivity index (χ2v) is 10.2. The second-order valence-electron chi connectivity index (χ2n) is 9.36. The van der Waals surface area contributed by atoms with Gasteiger partial charge >= 0.3 is 0 Å². The number of nitrogens with one attached hydrogen (secondary N) is 1. The van der Waals surface area contributed by atoms with Crippen LogP contribution >= 0.6 is 23.2 Å². The summed E-state index contributed by atoms with van der Waals surface area (Å²) >= 11 is 12.2. The highest BCUT2D eigenvalue weighted by Gasteiger charge is 2.21. The van der Waals surface area contributed by atoms with Gasteiger partial charge in [-0.05, 0) is 35.9 Å². The third kappa shape index (κ3) is 6.88. The number of carbonyl (C=O) groups excluding carboxylic acids is 3. The molecule has 0 spiro atoms. The first-order valence-corrected chi connectivity index (χ1v) is 13.3. The zero-order valence-electron chi connectivity index (χ0n) is 21.8. The number of piperazine rings is 1. The van der Waals surface area contributed by atoms with Crippen LogP contribution in [-0.2, 0) is 27.5 Å². The minimum Gasteiger partial charge on any atom is -0.368 e. The van der Waals surface area contributed by atoms with Gasteiger partial charge in [0.2, 0.25) is 17.7 Å². The molecule has 10 nitrogen and oxygen atoms in total. The SMILES string of the molecule is CNC(=O)CCN(Cc1ccc(Cl)c(Cl)c1)C(=O)Cn1cnc2ccc(N3CCN(C(C)=O)CC3)cc2c1=O. The fourth-order valence-corrected chi connectivity index (χ4v) is 4.81. The van der Waals surface area contributed by atoms with E-state index in [1.165, 1.54) is 22.8 Å². The van der Waals surface area contributed by atoms with Crippen LogP contribution in [0.15, 0.2) is 47.5 Å². The van der Waals surface area contributed by atoms with Gasteiger partial charge in [-0.2, -0.15) is 0 Å². The number of nitrogens with zero attached hydrogens (tertiary/aromatic N) is 5. The Morgan fingerprint density at radius 1 is 1.03 bits per heavy atom. The van der Waals surface area contributed by atoms with Crippen LogP contribution < -0.4 is 15.8 Å². The normalized spacial score (nSPS) is 13.4. The maximum absolute atomic E-state index is 13.4. The van der Waals surface area contributed by atoms with Gasteiger partial charge in [0.05, 0.1) is 27.3 Å². The van der Waals surface area contributed by atoms with E-state index in [2.05, 4.69) is 15.2 Å². The predicted molar refractivity (Wildman–Crippen MR) is 151 cm³/mol. The Morgan fingerprint density at radius 2 is 1.77 bits per heavy atom. The van der Waals surface area contributed by atoms with Crippen LogP contribution in [0, 0.1) is 0 Å². The molecule has 1 aliphatic rings. The molecule has 1 fully saturated rings. The third-order valence-corrected chi connectivity index (χ3v) is 7.54. The second kappa shape index (κ2) is 12.5. The maximum atomic E-state index is 13.4. The molecule has 0 atom stereocenters. The van der Waals surface area contributed by atoms with Gasteiger partial charge in [0.25, 0.3) is 5.56 Å². The molecule has 0 aliphatic carbocycles. The highest BCUT2D eigenvalue weighted by atomic mass is 35.5. The van der Waals surface area contributed by atoms with Crippen molar-refractivity contribution in [2.45, 2.75) is 26.4 Å². The number of benzene rings is 2. The summed E-state index contributed by atoms with van der Waals surface area (Å²) in [6.07, 6.45) is 1.47. The van der Waals surface area contributed by atoms with Gasteiger partial charge in [0.1, 0.15) is 6.54 Å². The van der Waals surface area contributed by atoms with Crippen molar-refractivity contribution in [2.24, 2.45) is 0 Å². The summed E-state index contributed by atoms with van der Waals surface area (Å²) in [4.78, 5) is 60.1. The number of anilines is 1. The summed E-state index contributed by atoms with van der Waals surface area (Å²) in [6, 6.07) is 10.6. The largest absolute Gasteiger partial charge is 0.368 e. The topological polar surface area (TPSA) is 108 Å². The van der Waals surface area contributed by atoms with E-state index in [0.29, 0.717) is 47.1 Å². The number of amides is 3. The highest BCUT2D eigenvalue weighted by molar-refractivity contribution is 6.42. The van der Waals surface area contributed by atoms with Crippen molar-refractivity contribution in [3.8, 4) is 0 Å². The summed E-state index contributed by atoms with van der Waals surface area (Å²) in [6.45, 7) is 4.22. The molecule has 2 heterocycles. The highest BCUT2D eigenvalue weighted by Crippen LogP contribution is 2.24. The number of rotatable bonds is 8. The lowest BCUT2D eigenvalue weighted by molar-refractivity contribution is -0.133. The van der Waals surface area contributed by atoms with Gasteiger partial charge in [-0.1, -0.05) is 29.3 Å². The summed E-state index contributed by atoms with van der Waals surface area (Å²) in [5.41, 5.74) is 1.80. The summed E-state index contributed by atoms with van der Waals surface area (Å²) < 4.78 is 1.28. The molecule has 3 aromatic rings. The standard InChI is InChI=1S/C27H30Cl2N6O4/c1-18(36)32-9-11-33(12-10-32)20-4-6-24-21(14-20)27(39)35(17-31-24)16-26(38)34(8-7-25(37)30-2)15-19-3-5-22(28)23(29)13-19/h3-6,13-14,17H,7-12,15-16H2,1-2H3,(H,30,37). The number of hydrogen-bond acceptors (Lipinski definition) is 6. The van der Waals surface area contributed by atoms with Crippen molar-refractivity contribution in [3.63, 3.8) is 0 Å². The van der Waals surface area contributed by atoms with E-state index >= 15 is 0 Å². The fourth-order valence-electron chi connectivity index (χ4n) is 4.49. The molecule has 1 N–H and O–H groups in total. The fraction of sp³-hybridized carbons (Fsp3) is 0.370. The summed E-state index contributed by atoms with van der Waals surface area (Å²) in [7, 11) is 1.53. The van der Waals surface area contributed by atoms with Crippen LogP contribution in [0.1, 0.15) is 18.9 Å². The molecule has 0 unspecified atom stereocenters. The minimum atomic E-state index is -0.343. The van der Waals surface area contributed by atoms with Crippen LogP contribution in [-0.4, -0.2) is 76.8 Å². The first-order valence-electron chi connectivity index (χ1n) is 12.6. The van der Waals surface area contributed by atoms with Crippen LogP contribution in [0.3, 0.4) is 0 Å². The molecule has 0 radical (unpaired) electrons. The van der Waals surface area contributed by atoms with Crippen molar-refractivity contribution in [1.29, 1.82) is 0 Å². The van der Waals surface area contributed by atoms with Crippen LogP contribution in [0.2, 0.25) is 10.0 Å². The molecule has 0 bridgehead atoms. The van der Waals surface area contributed by atoms with E-state index in [-0.39, 0.29) is 49.3 Å². The zero-order chi connectivity index (χ0) is 28.1. The van der Waals surface area contributed by atoms with Gasteiger partial charge in [-0.25, -0.2) is 4.98 Å². The van der Waals surface area contributed by atoms with Crippen molar-refractivity contribution in [2.75, 3.05) is 44.7 Å². The predicted octanol–water partition coefficient (Wildman–Crippen LogP) is 2.54. The van der Waals surface area contributed by atoms with E-state index < -0.39 is 0 Å². The Hall–Kier alpha value is -3.63. The molecule has 1 saturated heterocycles. The molecule has 206 valence electrons. The van der Waals surface area contributed by atoms with Gasteiger partial charge in [-0.3, -0.25) is 23.7 Å². The Labute approximate surface area is 236 Å². The van der Waals surface area contributed by atoms with E-state index in [4.69, 9.17) is 23.2 Å². The van der Waals surface area contributed by atoms with E-state index in [9.17, 15) is 19.2 Å². The van der Waals surface area contributed by atoms with Gasteiger partial charge < -0.3 is 20.0 Å². The molecular formula is C27H30Cl2N6O4. The van der Waals surface area contributed by atoms with Crippen molar-refractivity contribution < 1.29 is 14.4 Å². The first kappa shape index (κ1) is 28.4. The van der Waals surface area contributed by atoms with Gasteiger partial charge in [0.15, 0.2) is 0 Å². The van der Waals surface area contributed by atoms with E-state index in [0.717, 1.165) is 11.3 Å². The summed E-state index contributed by atoms with van der Waals surface area (Å²) in [5.74, 6) is -0.499. The van der Waals surface area contributed by atoms with Crippen LogP contribution in [0.25, 0.3) is 10.9 Å². The lowest BCUT2D eigenvalue weighted by atomic mass is 10.2. The molecule has 1 aromatic heterocycles. The Kier molecular flexibility index (Phi) is 9.08. The van der Waals surface area contributed by atoms with E-state index in [1.807, 2.05) is 6.07 Å². The van der Waals surface area contributed by atoms with Gasteiger partial charge in [-0.15, -0.1) is 0 Å². The number of fused-ring (bicyclic) bond motifs is 1. The number of halogens is 2. The van der Waals surface area contributed by atoms with Crippen LogP contribution in [0.5, 0.6) is 0 Å². The molecule has 2 aromatic carbocycles. The molecule has 39 heavy (non-hydrogen) atoms. The molecule has 12 heteroatoms. The monoisotopic (exact) mass is 572 g/mol. The number of hydrogen-bond donors (Lipinski definition) is 1. The Bertz CT molecular complexity index is 1450. The van der Waals surface area contributed by atoms with E-state index in [1.54, 1.807) is 42.2 Å². The first-order chi connectivity index (χ1) is 18.7. The lowest BCUT2D eigenvalue weighted by Gasteiger charge is -2.35. The Balaban J connectivity index is 1.55. The third-order valence-electron chi connectivity index (χ3n) is 6.80. The van der Waals surface area contributed by atoms with Crippen LogP contribution in [0.4, 0.5) is 5.69 Å². The van der Waals surface area contributed by atoms with Crippen molar-refractivity contribution in [1.82, 2.24) is 24.7 Å². The minimum absolute atomic E-state index is 0.0495. The van der Waals surface area contributed by atoms with Crippen molar-refractivity contribution >= 4 is 57.5 Å². The number of carbonyl (C=O) groups is 3. The average Bonchev–Trinajstić information content (AvgIpc) is 2.94. The summed E-state index contributed by atoms with van der Waals surface area (Å²) in [5, 5.41) is 3.72. The molecular weight excluding hydrogens is 543 g/mol. The van der Waals surface area contributed by atoms with Gasteiger partial charge in [0, 0.05) is 65.3 Å². The Morgan fingerprint density at radius 3 is 2.44 bits per heavy atom. The smallest absolute Gasteiger partial charge is 0.261 e. The number of aromatic nitrogens is 2. The van der Waals surface area contributed by atoms with Crippen molar-refractivity contribution in [3.05, 3.63) is 68.7 Å². The molecule has 3 amide bonds. The lowest BCUT2D eigenvalue weighted by Crippen LogP contribution is -2.48. The molecule has 1 aliphatic heterocycles. The quantitative estimate of drug-likeness (QED) is 0.444. The molecule has 4 rings (SSSR count).